The highest BCUT2D eigenvalue weighted by Crippen LogP contribution is 2.07. The predicted octanol–water partition coefficient (Wildman–Crippen LogP) is 3.02. The number of ether oxygens (including phenoxy) is 1. The molecule has 1 aromatic rings. The second kappa shape index (κ2) is 8.43. The number of para-hydroxylation sites is 1. The van der Waals surface area contributed by atoms with Crippen LogP contribution in [0.25, 0.3) is 0 Å². The first kappa shape index (κ1) is 13.3. The molecule has 0 N–H and O–H groups in total. The Morgan fingerprint density at radius 2 is 1.94 bits per heavy atom. The maximum atomic E-state index is 5.67. The van der Waals surface area contributed by atoms with Crippen molar-refractivity contribution in [3.63, 3.8) is 0 Å². The van der Waals surface area contributed by atoms with Gasteiger partial charge in [0.2, 0.25) is 0 Å². The van der Waals surface area contributed by atoms with Crippen molar-refractivity contribution in [3.05, 3.63) is 30.3 Å². The van der Waals surface area contributed by atoms with E-state index in [9.17, 15) is 0 Å². The van der Waals surface area contributed by atoms with Gasteiger partial charge in [-0.05, 0) is 31.6 Å². The lowest BCUT2D eigenvalue weighted by Gasteiger charge is -2.19. The van der Waals surface area contributed by atoms with Crippen LogP contribution in [0.5, 0.6) is 5.75 Å². The number of alkyl halides is 1. The highest BCUT2D eigenvalue weighted by atomic mass is 35.5. The third-order valence-corrected chi connectivity index (χ3v) is 2.74. The molecule has 0 aliphatic rings. The molecule has 1 rings (SSSR count). The van der Waals surface area contributed by atoms with Crippen molar-refractivity contribution in [2.75, 3.05) is 32.1 Å². The van der Waals surface area contributed by atoms with Gasteiger partial charge in [0.1, 0.15) is 12.4 Å². The maximum Gasteiger partial charge on any atom is 0.119 e. The number of halogens is 1. The van der Waals surface area contributed by atoms with Gasteiger partial charge in [0.05, 0.1) is 0 Å². The highest BCUT2D eigenvalue weighted by molar-refractivity contribution is 6.17. The Bertz CT molecular complexity index is 266. The van der Waals surface area contributed by atoms with Crippen molar-refractivity contribution in [2.45, 2.75) is 13.3 Å². The van der Waals surface area contributed by atoms with Crippen LogP contribution < -0.4 is 4.74 Å². The minimum atomic E-state index is 0.732. The van der Waals surface area contributed by atoms with Crippen LogP contribution in [0.1, 0.15) is 13.3 Å². The molecule has 1 aromatic carbocycles. The lowest BCUT2D eigenvalue weighted by Crippen LogP contribution is -2.29. The summed E-state index contributed by atoms with van der Waals surface area (Å²) in [5.41, 5.74) is 0. The monoisotopic (exact) mass is 241 g/mol. The fourth-order valence-corrected chi connectivity index (χ4v) is 1.64. The molecule has 0 bridgehead atoms. The summed E-state index contributed by atoms with van der Waals surface area (Å²) in [7, 11) is 0. The standard InChI is InChI=1S/C13H20ClNO/c1-2-15(10-6-9-14)11-12-16-13-7-4-3-5-8-13/h3-5,7-8H,2,6,9-12H2,1H3. The average molecular weight is 242 g/mol. The number of likely N-dealkylation sites (N-methyl/N-ethyl adjacent to an activating group) is 1. The fraction of sp³-hybridized carbons (Fsp3) is 0.538. The first-order chi connectivity index (χ1) is 7.86. The number of hydrogen-bond acceptors (Lipinski definition) is 2. The Morgan fingerprint density at radius 1 is 1.19 bits per heavy atom. The van der Waals surface area contributed by atoms with E-state index in [0.29, 0.717) is 0 Å². The van der Waals surface area contributed by atoms with E-state index in [2.05, 4.69) is 11.8 Å². The minimum absolute atomic E-state index is 0.732. The summed E-state index contributed by atoms with van der Waals surface area (Å²) in [5, 5.41) is 0. The van der Waals surface area contributed by atoms with Crippen molar-refractivity contribution < 1.29 is 4.74 Å². The first-order valence-electron chi connectivity index (χ1n) is 5.83. The molecular weight excluding hydrogens is 222 g/mol. The number of hydrogen-bond donors (Lipinski definition) is 0. The molecule has 0 atom stereocenters. The van der Waals surface area contributed by atoms with E-state index in [4.69, 9.17) is 16.3 Å². The van der Waals surface area contributed by atoms with Crippen LogP contribution in [0.2, 0.25) is 0 Å². The largest absolute Gasteiger partial charge is 0.492 e. The molecule has 0 aromatic heterocycles. The van der Waals surface area contributed by atoms with E-state index in [1.54, 1.807) is 0 Å². The topological polar surface area (TPSA) is 12.5 Å². The summed E-state index contributed by atoms with van der Waals surface area (Å²) in [6.45, 7) is 5.96. The summed E-state index contributed by atoms with van der Waals surface area (Å²) < 4.78 is 5.64. The van der Waals surface area contributed by atoms with E-state index in [1.165, 1.54) is 0 Å². The van der Waals surface area contributed by atoms with Crippen LogP contribution in [-0.4, -0.2) is 37.0 Å². The summed E-state index contributed by atoms with van der Waals surface area (Å²) in [6.07, 6.45) is 1.04. The molecule has 0 radical (unpaired) electrons. The smallest absolute Gasteiger partial charge is 0.119 e. The molecule has 0 heterocycles. The number of rotatable bonds is 8. The lowest BCUT2D eigenvalue weighted by atomic mass is 10.3. The maximum absolute atomic E-state index is 5.67. The van der Waals surface area contributed by atoms with E-state index < -0.39 is 0 Å². The molecule has 16 heavy (non-hydrogen) atoms. The van der Waals surface area contributed by atoms with Gasteiger partial charge in [0, 0.05) is 12.4 Å². The second-order valence-corrected chi connectivity index (χ2v) is 4.02. The van der Waals surface area contributed by atoms with E-state index in [1.807, 2.05) is 30.3 Å². The Kier molecular flexibility index (Phi) is 7.02. The molecular formula is C13H20ClNO. The highest BCUT2D eigenvalue weighted by Gasteiger charge is 2.01. The van der Waals surface area contributed by atoms with Crippen molar-refractivity contribution in [1.29, 1.82) is 0 Å². The van der Waals surface area contributed by atoms with Crippen molar-refractivity contribution in [3.8, 4) is 5.75 Å². The van der Waals surface area contributed by atoms with Gasteiger partial charge in [0.15, 0.2) is 0 Å². The van der Waals surface area contributed by atoms with Crippen molar-refractivity contribution >= 4 is 11.6 Å². The Morgan fingerprint density at radius 3 is 2.56 bits per heavy atom. The molecule has 0 fully saturated rings. The molecule has 0 amide bonds. The van der Waals surface area contributed by atoms with Crippen LogP contribution >= 0.6 is 11.6 Å². The van der Waals surface area contributed by atoms with Gasteiger partial charge >= 0.3 is 0 Å². The predicted molar refractivity (Wildman–Crippen MR) is 69.4 cm³/mol. The first-order valence-corrected chi connectivity index (χ1v) is 6.36. The zero-order valence-corrected chi connectivity index (χ0v) is 10.6. The lowest BCUT2D eigenvalue weighted by molar-refractivity contribution is 0.216. The number of benzene rings is 1. The van der Waals surface area contributed by atoms with Crippen LogP contribution in [0.15, 0.2) is 30.3 Å². The van der Waals surface area contributed by atoms with Crippen LogP contribution in [0, 0.1) is 0 Å². The minimum Gasteiger partial charge on any atom is -0.492 e. The quantitative estimate of drug-likeness (QED) is 0.649. The van der Waals surface area contributed by atoms with Crippen LogP contribution in [-0.2, 0) is 0 Å². The molecule has 0 spiro atoms. The fourth-order valence-electron chi connectivity index (χ4n) is 1.52. The molecule has 2 nitrogen and oxygen atoms in total. The zero-order chi connectivity index (χ0) is 11.6. The molecule has 0 unspecified atom stereocenters. The Hall–Kier alpha value is -0.730. The summed E-state index contributed by atoms with van der Waals surface area (Å²) >= 11 is 5.67. The number of nitrogens with zero attached hydrogens (tertiary/aromatic N) is 1. The second-order valence-electron chi connectivity index (χ2n) is 3.64. The van der Waals surface area contributed by atoms with E-state index in [-0.39, 0.29) is 0 Å². The van der Waals surface area contributed by atoms with Crippen molar-refractivity contribution in [1.82, 2.24) is 4.90 Å². The van der Waals surface area contributed by atoms with Gasteiger partial charge in [-0.2, -0.15) is 0 Å². The molecule has 90 valence electrons. The Labute approximate surface area is 103 Å². The third-order valence-electron chi connectivity index (χ3n) is 2.47. The van der Waals surface area contributed by atoms with Crippen LogP contribution in [0.4, 0.5) is 0 Å². The normalized spacial score (nSPS) is 10.7. The van der Waals surface area contributed by atoms with E-state index >= 15 is 0 Å². The van der Waals surface area contributed by atoms with E-state index in [0.717, 1.165) is 44.3 Å². The van der Waals surface area contributed by atoms with Gasteiger partial charge in [0.25, 0.3) is 0 Å². The van der Waals surface area contributed by atoms with Gasteiger partial charge in [-0.3, -0.25) is 0 Å². The van der Waals surface area contributed by atoms with Crippen molar-refractivity contribution in [2.24, 2.45) is 0 Å². The summed E-state index contributed by atoms with van der Waals surface area (Å²) in [6, 6.07) is 9.93. The molecule has 0 saturated carbocycles. The molecule has 3 heteroatoms. The Balaban J connectivity index is 2.18. The summed E-state index contributed by atoms with van der Waals surface area (Å²) in [5.74, 6) is 1.67. The van der Waals surface area contributed by atoms with Gasteiger partial charge in [-0.1, -0.05) is 25.1 Å². The van der Waals surface area contributed by atoms with Gasteiger partial charge in [-0.25, -0.2) is 0 Å². The summed E-state index contributed by atoms with van der Waals surface area (Å²) in [4.78, 5) is 2.35. The van der Waals surface area contributed by atoms with Gasteiger partial charge in [-0.15, -0.1) is 11.6 Å². The molecule has 0 saturated heterocycles. The molecule has 0 aliphatic carbocycles. The molecule has 0 aliphatic heterocycles. The third kappa shape index (κ3) is 5.38. The van der Waals surface area contributed by atoms with Crippen LogP contribution in [0.3, 0.4) is 0 Å². The SMILES string of the molecule is CCN(CCCCl)CCOc1ccccc1. The average Bonchev–Trinajstić information content (AvgIpc) is 2.35. The van der Waals surface area contributed by atoms with Gasteiger partial charge < -0.3 is 9.64 Å². The zero-order valence-electron chi connectivity index (χ0n) is 9.86.